The highest BCUT2D eigenvalue weighted by molar-refractivity contribution is 5.52. The molecule has 0 amide bonds. The van der Waals surface area contributed by atoms with Gasteiger partial charge in [0.25, 0.3) is 0 Å². The number of carbonyl (C=O) groups excluding carboxylic acids is 6. The molecular weight excluding hydrogens is 264 g/mol. The summed E-state index contributed by atoms with van der Waals surface area (Å²) in [5.41, 5.74) is 0. The van der Waals surface area contributed by atoms with Crippen molar-refractivity contribution in [3.05, 3.63) is 0 Å². The van der Waals surface area contributed by atoms with Crippen LogP contribution in [-0.4, -0.2) is 24.9 Å². The molecule has 0 aromatic carbocycles. The van der Waals surface area contributed by atoms with Gasteiger partial charge in [-0.25, -0.2) is 0 Å². The van der Waals surface area contributed by atoms with Gasteiger partial charge in [0.15, 0.2) is 0 Å². The van der Waals surface area contributed by atoms with Crippen LogP contribution in [0, 0.1) is 11.8 Å². The van der Waals surface area contributed by atoms with Gasteiger partial charge in [0.05, 0.1) is 0 Å². The van der Waals surface area contributed by atoms with Crippen molar-refractivity contribution in [3.8, 4) is 0 Å². The van der Waals surface area contributed by atoms with Crippen LogP contribution in [0.3, 0.4) is 0 Å². The molecule has 0 saturated heterocycles. The normalized spacial score (nSPS) is 10.2. The lowest BCUT2D eigenvalue weighted by Gasteiger charge is -1.94. The zero-order chi connectivity index (χ0) is 16.8. The van der Waals surface area contributed by atoms with Gasteiger partial charge in [-0.05, 0) is 12.8 Å². The summed E-state index contributed by atoms with van der Waals surface area (Å²) in [7, 11) is 0. The zero-order valence-electron chi connectivity index (χ0n) is 12.6. The molecule has 0 heterocycles. The van der Waals surface area contributed by atoms with Crippen molar-refractivity contribution in [1.82, 2.24) is 0 Å². The van der Waals surface area contributed by atoms with Crippen molar-refractivity contribution in [1.29, 1.82) is 0 Å². The molecule has 0 radical (unpaired) electrons. The summed E-state index contributed by atoms with van der Waals surface area (Å²) in [4.78, 5) is 52.3. The van der Waals surface area contributed by atoms with E-state index < -0.39 is 0 Å². The topological polar surface area (TPSA) is 102 Å². The van der Waals surface area contributed by atoms with E-state index in [-0.39, 0.29) is 24.1 Å². The van der Waals surface area contributed by atoms with Gasteiger partial charge >= 0.3 is 12.3 Å². The van der Waals surface area contributed by atoms with Crippen molar-refractivity contribution in [2.45, 2.75) is 53.4 Å². The summed E-state index contributed by atoms with van der Waals surface area (Å²) in [6, 6.07) is 0. The van der Waals surface area contributed by atoms with Gasteiger partial charge < -0.3 is 9.59 Å². The van der Waals surface area contributed by atoms with Crippen molar-refractivity contribution in [3.63, 3.8) is 0 Å². The van der Waals surface area contributed by atoms with E-state index in [1.807, 2.05) is 13.8 Å². The fraction of sp³-hybridized carbons (Fsp3) is 0.714. The van der Waals surface area contributed by atoms with E-state index in [0.717, 1.165) is 38.3 Å². The lowest BCUT2D eigenvalue weighted by atomic mass is 10.1. The minimum atomic E-state index is 0.250. The average molecular weight is 288 g/mol. The predicted octanol–water partition coefficient (Wildman–Crippen LogP) is 2.08. The second-order valence-corrected chi connectivity index (χ2v) is 3.97. The molecule has 0 aliphatic heterocycles. The van der Waals surface area contributed by atoms with Crippen LogP contribution < -0.4 is 0 Å². The molecule has 6 nitrogen and oxygen atoms in total. The lowest BCUT2D eigenvalue weighted by molar-refractivity contribution is -0.193. The minimum absolute atomic E-state index is 0.250. The molecule has 20 heavy (non-hydrogen) atoms. The Hall–Kier alpha value is -1.90. The molecule has 0 aromatic heterocycles. The zero-order valence-corrected chi connectivity index (χ0v) is 12.6. The van der Waals surface area contributed by atoms with Crippen molar-refractivity contribution < 1.29 is 28.8 Å². The third kappa shape index (κ3) is 56.0. The molecule has 0 spiro atoms. The Kier molecular flexibility index (Phi) is 40.3. The van der Waals surface area contributed by atoms with Gasteiger partial charge in [-0.2, -0.15) is 19.2 Å². The lowest BCUT2D eigenvalue weighted by Crippen LogP contribution is -1.92. The summed E-state index contributed by atoms with van der Waals surface area (Å²) in [6.45, 7) is 8.05. The highest BCUT2D eigenvalue weighted by atomic mass is 16.2. The van der Waals surface area contributed by atoms with Crippen LogP contribution in [0.4, 0.5) is 0 Å². The van der Waals surface area contributed by atoms with E-state index in [1.165, 1.54) is 0 Å². The second-order valence-electron chi connectivity index (χ2n) is 3.97. The van der Waals surface area contributed by atoms with E-state index in [2.05, 4.69) is 13.8 Å². The van der Waals surface area contributed by atoms with Crippen LogP contribution in [0.25, 0.3) is 0 Å². The van der Waals surface area contributed by atoms with Crippen LogP contribution in [0.15, 0.2) is 0 Å². The molecule has 0 N–H and O–H groups in total. The summed E-state index contributed by atoms with van der Waals surface area (Å²) in [6.07, 6.45) is 6.79. The summed E-state index contributed by atoms with van der Waals surface area (Å²) in [5, 5.41) is 0. The first-order valence-corrected chi connectivity index (χ1v) is 6.34. The Bertz CT molecular complexity index is 235. The standard InChI is InChI=1S/2C6H12O.2CO2/c2*1-3-4-6(2)5-7;2*2-1-3/h2*5-6H,3-4H2,1-2H3;;/t2*6-;;/m00../s1. The monoisotopic (exact) mass is 288 g/mol. The molecule has 0 saturated carbocycles. The molecule has 0 unspecified atom stereocenters. The van der Waals surface area contributed by atoms with Gasteiger partial charge in [0.2, 0.25) is 0 Å². The quantitative estimate of drug-likeness (QED) is 0.693. The van der Waals surface area contributed by atoms with E-state index >= 15 is 0 Å². The van der Waals surface area contributed by atoms with Crippen molar-refractivity contribution in [2.75, 3.05) is 0 Å². The first kappa shape index (κ1) is 26.6. The maximum absolute atomic E-state index is 9.89. The average Bonchev–Trinajstić information content (AvgIpc) is 2.41. The molecule has 6 heteroatoms. The van der Waals surface area contributed by atoms with Crippen LogP contribution >= 0.6 is 0 Å². The molecule has 2 atom stereocenters. The fourth-order valence-electron chi connectivity index (χ4n) is 1.05. The number of carbonyl (C=O) groups is 2. The molecular formula is C14H24O6. The molecule has 0 aliphatic rings. The Morgan fingerprint density at radius 2 is 0.950 bits per heavy atom. The first-order valence-electron chi connectivity index (χ1n) is 6.34. The van der Waals surface area contributed by atoms with E-state index in [9.17, 15) is 9.59 Å². The summed E-state index contributed by atoms with van der Waals surface area (Å²) >= 11 is 0. The van der Waals surface area contributed by atoms with Gasteiger partial charge in [-0.15, -0.1) is 0 Å². The maximum atomic E-state index is 9.89. The van der Waals surface area contributed by atoms with Gasteiger partial charge in [0.1, 0.15) is 12.6 Å². The van der Waals surface area contributed by atoms with E-state index in [4.69, 9.17) is 19.2 Å². The van der Waals surface area contributed by atoms with Crippen molar-refractivity contribution in [2.24, 2.45) is 11.8 Å². The maximum Gasteiger partial charge on any atom is 0.373 e. The number of hydrogen-bond donors (Lipinski definition) is 0. The smallest absolute Gasteiger partial charge is 0.303 e. The number of aldehydes is 2. The summed E-state index contributed by atoms with van der Waals surface area (Å²) in [5.74, 6) is 0.537. The molecule has 0 aromatic rings. The minimum Gasteiger partial charge on any atom is -0.303 e. The van der Waals surface area contributed by atoms with Crippen molar-refractivity contribution >= 4 is 24.9 Å². The van der Waals surface area contributed by atoms with Crippen LogP contribution in [0.1, 0.15) is 53.4 Å². The van der Waals surface area contributed by atoms with E-state index in [1.54, 1.807) is 0 Å². The predicted molar refractivity (Wildman–Crippen MR) is 70.3 cm³/mol. The SMILES string of the molecule is CCC[C@H](C)C=O.CCC[C@H](C)C=O.O=C=O.O=C=O. The molecule has 0 bridgehead atoms. The molecule has 116 valence electrons. The van der Waals surface area contributed by atoms with Gasteiger partial charge in [-0.1, -0.05) is 40.5 Å². The summed E-state index contributed by atoms with van der Waals surface area (Å²) < 4.78 is 0. The third-order valence-electron chi connectivity index (χ3n) is 1.95. The highest BCUT2D eigenvalue weighted by Gasteiger charge is 1.93. The molecule has 0 fully saturated rings. The Morgan fingerprint density at radius 1 is 0.750 bits per heavy atom. The molecule has 0 rings (SSSR count). The van der Waals surface area contributed by atoms with Crippen LogP contribution in [-0.2, 0) is 28.8 Å². The van der Waals surface area contributed by atoms with Crippen LogP contribution in [0.5, 0.6) is 0 Å². The highest BCUT2D eigenvalue weighted by Crippen LogP contribution is 1.99. The Morgan fingerprint density at radius 3 is 1.00 bits per heavy atom. The largest absolute Gasteiger partial charge is 0.373 e. The third-order valence-corrected chi connectivity index (χ3v) is 1.95. The van der Waals surface area contributed by atoms with Gasteiger partial charge in [0, 0.05) is 11.8 Å². The molecule has 0 aliphatic carbocycles. The Balaban J connectivity index is -0.0000000927. The van der Waals surface area contributed by atoms with Gasteiger partial charge in [-0.3, -0.25) is 0 Å². The fourth-order valence-corrected chi connectivity index (χ4v) is 1.05. The second kappa shape index (κ2) is 30.3. The van der Waals surface area contributed by atoms with Crippen LogP contribution in [0.2, 0.25) is 0 Å². The number of hydrogen-bond acceptors (Lipinski definition) is 6. The van der Waals surface area contributed by atoms with E-state index in [0.29, 0.717) is 0 Å². The Labute approximate surface area is 119 Å². The number of rotatable bonds is 6. The first-order chi connectivity index (χ1) is 9.44.